The number of nitrogens with zero attached hydrogens (tertiary/aromatic N) is 2. The molecule has 3 aromatic rings. The minimum absolute atomic E-state index is 0.123. The predicted molar refractivity (Wildman–Crippen MR) is 139 cm³/mol. The number of esters is 1. The molecule has 6 nitrogen and oxygen atoms in total. The number of para-hydroxylation sites is 2. The average Bonchev–Trinajstić information content (AvgIpc) is 2.94. The minimum Gasteiger partial charge on any atom is -0.495 e. The summed E-state index contributed by atoms with van der Waals surface area (Å²) >= 11 is 0. The zero-order chi connectivity index (χ0) is 24.0. The maximum absolute atomic E-state index is 13.1. The Morgan fingerprint density at radius 2 is 1.63 bits per heavy atom. The Morgan fingerprint density at radius 1 is 0.886 bits per heavy atom. The molecule has 182 valence electrons. The molecular formula is C29H33N3O3. The van der Waals surface area contributed by atoms with E-state index in [-0.39, 0.29) is 18.1 Å². The van der Waals surface area contributed by atoms with E-state index in [1.165, 1.54) is 0 Å². The van der Waals surface area contributed by atoms with Gasteiger partial charge in [0.2, 0.25) is 0 Å². The van der Waals surface area contributed by atoms with Crippen LogP contribution in [-0.2, 0) is 4.74 Å². The molecule has 0 saturated carbocycles. The van der Waals surface area contributed by atoms with Gasteiger partial charge in [0.1, 0.15) is 11.9 Å². The van der Waals surface area contributed by atoms with Crippen LogP contribution in [0.3, 0.4) is 0 Å². The summed E-state index contributed by atoms with van der Waals surface area (Å²) in [6.07, 6.45) is 0.698. The summed E-state index contributed by atoms with van der Waals surface area (Å²) in [6, 6.07) is 26.2. The molecule has 0 aromatic heterocycles. The Bertz CT molecular complexity index is 1130. The number of hydrogen-bond donors (Lipinski definition) is 1. The van der Waals surface area contributed by atoms with Crippen LogP contribution < -0.4 is 15.0 Å². The van der Waals surface area contributed by atoms with E-state index >= 15 is 0 Å². The Balaban J connectivity index is 1.24. The van der Waals surface area contributed by atoms with E-state index in [1.54, 1.807) is 7.11 Å². The van der Waals surface area contributed by atoms with Gasteiger partial charge in [-0.2, -0.15) is 0 Å². The van der Waals surface area contributed by atoms with E-state index < -0.39 is 0 Å². The standard InChI is InChI=1S/C29H33N3O3/c1-34-27-13-6-5-12-25(27)31-16-18-32(19-17-31)26-21-30-15-14-28(26)35-29(33)24-11-7-10-23(20-24)22-8-3-2-4-9-22/h2-13,20,26,28,30H,14-19,21H2,1H3/t26?,28-/m1/s1. The van der Waals surface area contributed by atoms with Crippen LogP contribution in [0.15, 0.2) is 78.9 Å². The SMILES string of the molecule is COc1ccccc1N1CCN(C2CNCC[C@H]2OC(=O)c2cccc(-c3ccccc3)c2)CC1. The molecule has 3 aromatic carbocycles. The fraction of sp³-hybridized carbons (Fsp3) is 0.345. The number of carbonyl (C=O) groups is 1. The van der Waals surface area contributed by atoms with Gasteiger partial charge in [-0.15, -0.1) is 0 Å². The normalized spacial score (nSPS) is 20.9. The number of methoxy groups -OCH3 is 1. The molecule has 1 N–H and O–H groups in total. The van der Waals surface area contributed by atoms with Gasteiger partial charge >= 0.3 is 5.97 Å². The third-order valence-electron chi connectivity index (χ3n) is 7.06. The second-order valence-electron chi connectivity index (χ2n) is 9.15. The van der Waals surface area contributed by atoms with Crippen molar-refractivity contribution in [3.05, 3.63) is 84.4 Å². The zero-order valence-electron chi connectivity index (χ0n) is 20.2. The van der Waals surface area contributed by atoms with Crippen molar-refractivity contribution < 1.29 is 14.3 Å². The van der Waals surface area contributed by atoms with Gasteiger partial charge in [0.05, 0.1) is 24.4 Å². The maximum Gasteiger partial charge on any atom is 0.338 e. The molecule has 1 unspecified atom stereocenters. The molecular weight excluding hydrogens is 438 g/mol. The fourth-order valence-electron chi connectivity index (χ4n) is 5.17. The van der Waals surface area contributed by atoms with Gasteiger partial charge in [-0.1, -0.05) is 54.6 Å². The first-order chi connectivity index (χ1) is 17.2. The highest BCUT2D eigenvalue weighted by Crippen LogP contribution is 2.29. The van der Waals surface area contributed by atoms with Crippen molar-refractivity contribution in [1.82, 2.24) is 10.2 Å². The molecule has 2 aliphatic rings. The Morgan fingerprint density at radius 3 is 2.43 bits per heavy atom. The van der Waals surface area contributed by atoms with Crippen molar-refractivity contribution in [1.29, 1.82) is 0 Å². The van der Waals surface area contributed by atoms with Gasteiger partial charge in [-0.25, -0.2) is 4.79 Å². The van der Waals surface area contributed by atoms with Gasteiger partial charge in [0.15, 0.2) is 0 Å². The molecule has 6 heteroatoms. The summed E-state index contributed by atoms with van der Waals surface area (Å²) in [7, 11) is 1.72. The highest BCUT2D eigenvalue weighted by Gasteiger charge is 2.35. The quantitative estimate of drug-likeness (QED) is 0.547. The molecule has 2 fully saturated rings. The molecule has 0 radical (unpaired) electrons. The van der Waals surface area contributed by atoms with E-state index in [2.05, 4.69) is 39.4 Å². The Hall–Kier alpha value is -3.35. The van der Waals surface area contributed by atoms with Gasteiger partial charge in [-0.05, 0) is 48.4 Å². The molecule has 2 saturated heterocycles. The summed E-state index contributed by atoms with van der Waals surface area (Å²) in [5.41, 5.74) is 3.85. The average molecular weight is 472 g/mol. The molecule has 0 aliphatic carbocycles. The van der Waals surface area contributed by atoms with Crippen molar-refractivity contribution in [3.8, 4) is 16.9 Å². The lowest BCUT2D eigenvalue weighted by molar-refractivity contribution is -0.0141. The number of benzene rings is 3. The smallest absolute Gasteiger partial charge is 0.338 e. The third-order valence-corrected chi connectivity index (χ3v) is 7.06. The summed E-state index contributed by atoms with van der Waals surface area (Å²) in [4.78, 5) is 18.0. The van der Waals surface area contributed by atoms with Crippen LogP contribution in [0.5, 0.6) is 5.75 Å². The summed E-state index contributed by atoms with van der Waals surface area (Å²) < 4.78 is 11.7. The van der Waals surface area contributed by atoms with Crippen molar-refractivity contribution in [2.45, 2.75) is 18.6 Å². The van der Waals surface area contributed by atoms with Crippen LogP contribution in [0.4, 0.5) is 5.69 Å². The zero-order valence-corrected chi connectivity index (χ0v) is 20.2. The highest BCUT2D eigenvalue weighted by atomic mass is 16.5. The topological polar surface area (TPSA) is 54.0 Å². The number of anilines is 1. The molecule has 2 atom stereocenters. The van der Waals surface area contributed by atoms with Gasteiger partial charge < -0.3 is 19.7 Å². The van der Waals surface area contributed by atoms with Gasteiger partial charge in [0.25, 0.3) is 0 Å². The van der Waals surface area contributed by atoms with E-state index in [0.717, 1.165) is 68.3 Å². The van der Waals surface area contributed by atoms with Gasteiger partial charge in [0, 0.05) is 32.7 Å². The van der Waals surface area contributed by atoms with E-state index in [0.29, 0.717) is 5.56 Å². The lowest BCUT2D eigenvalue weighted by Crippen LogP contribution is -2.60. The molecule has 5 rings (SSSR count). The van der Waals surface area contributed by atoms with Crippen molar-refractivity contribution in [2.75, 3.05) is 51.3 Å². The molecule has 35 heavy (non-hydrogen) atoms. The van der Waals surface area contributed by atoms with Crippen molar-refractivity contribution in [3.63, 3.8) is 0 Å². The molecule has 0 spiro atoms. The van der Waals surface area contributed by atoms with Crippen LogP contribution >= 0.6 is 0 Å². The largest absolute Gasteiger partial charge is 0.495 e. The second kappa shape index (κ2) is 10.9. The molecule has 2 heterocycles. The third kappa shape index (κ3) is 5.34. The van der Waals surface area contributed by atoms with E-state index in [4.69, 9.17) is 9.47 Å². The first-order valence-corrected chi connectivity index (χ1v) is 12.4. The lowest BCUT2D eigenvalue weighted by Gasteiger charge is -2.44. The molecule has 0 amide bonds. The second-order valence-corrected chi connectivity index (χ2v) is 9.15. The van der Waals surface area contributed by atoms with Crippen LogP contribution in [0.25, 0.3) is 11.1 Å². The van der Waals surface area contributed by atoms with Crippen molar-refractivity contribution >= 4 is 11.7 Å². The van der Waals surface area contributed by atoms with Crippen LogP contribution in [0.1, 0.15) is 16.8 Å². The highest BCUT2D eigenvalue weighted by molar-refractivity contribution is 5.91. The maximum atomic E-state index is 13.1. The van der Waals surface area contributed by atoms with Crippen LogP contribution in [0, 0.1) is 0 Å². The number of hydrogen-bond acceptors (Lipinski definition) is 6. The summed E-state index contributed by atoms with van der Waals surface area (Å²) in [6.45, 7) is 5.35. The van der Waals surface area contributed by atoms with Gasteiger partial charge in [-0.3, -0.25) is 4.90 Å². The number of rotatable bonds is 6. The van der Waals surface area contributed by atoms with Crippen LogP contribution in [-0.4, -0.2) is 69.4 Å². The monoisotopic (exact) mass is 471 g/mol. The Labute approximate surface area is 207 Å². The number of piperidine rings is 1. The first kappa shape index (κ1) is 23.4. The molecule has 0 bridgehead atoms. The summed E-state index contributed by atoms with van der Waals surface area (Å²) in [5, 5.41) is 3.50. The fourth-order valence-corrected chi connectivity index (χ4v) is 5.17. The number of ether oxygens (including phenoxy) is 2. The molecule has 2 aliphatic heterocycles. The predicted octanol–water partition coefficient (Wildman–Crippen LogP) is 4.07. The first-order valence-electron chi connectivity index (χ1n) is 12.4. The Kier molecular flexibility index (Phi) is 7.31. The lowest BCUT2D eigenvalue weighted by atomic mass is 10.0. The number of nitrogens with one attached hydrogen (secondary N) is 1. The number of piperazine rings is 1. The van der Waals surface area contributed by atoms with E-state index in [9.17, 15) is 4.79 Å². The minimum atomic E-state index is -0.243. The summed E-state index contributed by atoms with van der Waals surface area (Å²) in [5.74, 6) is 0.664. The number of carbonyl (C=O) groups excluding carboxylic acids is 1. The van der Waals surface area contributed by atoms with E-state index in [1.807, 2.05) is 54.6 Å². The van der Waals surface area contributed by atoms with Crippen molar-refractivity contribution in [2.24, 2.45) is 0 Å². The van der Waals surface area contributed by atoms with Crippen LogP contribution in [0.2, 0.25) is 0 Å².